The number of para-hydroxylation sites is 2. The highest BCUT2D eigenvalue weighted by Crippen LogP contribution is 2.54. The summed E-state index contributed by atoms with van der Waals surface area (Å²) >= 11 is 0. The van der Waals surface area contributed by atoms with Gasteiger partial charge in [-0.2, -0.15) is 57.1 Å². The standard InChI is InChI=1S/C16H11F9N2O3S.HNO/c17-13(18,15(21,22)23)14(19,20)16(24,25)31(28,29)30-26-27(11-7-3-1-4-8-11)12-9-5-2-6-10-12;1-2/h1-10,26H;1H. The number of nitrogens with zero attached hydrogens (tertiary/aromatic N) is 1. The third kappa shape index (κ3) is 5.36. The van der Waals surface area contributed by atoms with Crippen LogP contribution in [-0.2, 0) is 14.4 Å². The van der Waals surface area contributed by atoms with Crippen LogP contribution in [0.3, 0.4) is 0 Å². The van der Waals surface area contributed by atoms with E-state index in [4.69, 9.17) is 4.91 Å². The Bertz CT molecular complexity index is 967. The molecule has 2 N–H and O–H groups in total. The van der Waals surface area contributed by atoms with Crippen molar-refractivity contribution in [2.24, 2.45) is 0 Å². The number of nitrogens with one attached hydrogen (secondary N) is 2. The molecule has 7 nitrogen and oxygen atoms in total. The van der Waals surface area contributed by atoms with E-state index in [0.29, 0.717) is 5.01 Å². The number of halogens is 9. The van der Waals surface area contributed by atoms with Crippen molar-refractivity contribution in [3.8, 4) is 0 Å². The molecule has 2 rings (SSSR count). The minimum absolute atomic E-state index is 0.000372. The number of hydrogen-bond donors (Lipinski definition) is 2. The summed E-state index contributed by atoms with van der Waals surface area (Å²) in [6, 6.07) is 13.7. The van der Waals surface area contributed by atoms with Crippen molar-refractivity contribution in [2.75, 3.05) is 5.01 Å². The molecule has 0 bridgehead atoms. The molecule has 0 heterocycles. The molecule has 0 radical (unpaired) electrons. The van der Waals surface area contributed by atoms with Gasteiger partial charge in [-0.25, -0.2) is 0 Å². The van der Waals surface area contributed by atoms with Gasteiger partial charge in [-0.1, -0.05) is 47.6 Å². The van der Waals surface area contributed by atoms with Gasteiger partial charge in [0, 0.05) is 0 Å². The van der Waals surface area contributed by atoms with E-state index >= 15 is 0 Å². The highest BCUT2D eigenvalue weighted by atomic mass is 32.2. The third-order valence-electron chi connectivity index (χ3n) is 3.70. The number of alkyl halides is 9. The molecule has 0 amide bonds. The fourth-order valence-electron chi connectivity index (χ4n) is 2.07. The van der Waals surface area contributed by atoms with Crippen LogP contribution in [0.1, 0.15) is 0 Å². The second kappa shape index (κ2) is 9.92. The van der Waals surface area contributed by atoms with Crippen LogP contribution in [0.15, 0.2) is 60.7 Å². The maximum Gasteiger partial charge on any atom is 0.460 e. The van der Waals surface area contributed by atoms with Crippen LogP contribution >= 0.6 is 0 Å². The van der Waals surface area contributed by atoms with E-state index in [-0.39, 0.29) is 11.4 Å². The second-order valence-corrected chi connectivity index (χ2v) is 7.39. The SMILES string of the molecule is N=O.O=S(=O)(ONN(c1ccccc1)c1ccccc1)C(F)(F)C(F)(F)C(F)(F)C(F)(F)F. The van der Waals surface area contributed by atoms with Crippen LogP contribution in [0.4, 0.5) is 50.9 Å². The molecule has 0 aliphatic carbocycles. The summed E-state index contributed by atoms with van der Waals surface area (Å²) in [6.45, 7) is 0. The summed E-state index contributed by atoms with van der Waals surface area (Å²) in [5.74, 6) is -14.8. The van der Waals surface area contributed by atoms with Crippen molar-refractivity contribution in [3.63, 3.8) is 0 Å². The average Bonchev–Trinajstić information content (AvgIpc) is 2.75. The average molecular weight is 513 g/mol. The highest BCUT2D eigenvalue weighted by molar-refractivity contribution is 7.87. The number of hydrogen-bond acceptors (Lipinski definition) is 7. The first-order valence-corrected chi connectivity index (χ1v) is 9.46. The lowest BCUT2D eigenvalue weighted by molar-refractivity contribution is -0.383. The van der Waals surface area contributed by atoms with E-state index in [2.05, 4.69) is 9.88 Å². The van der Waals surface area contributed by atoms with Crippen molar-refractivity contribution < 1.29 is 52.2 Å². The van der Waals surface area contributed by atoms with Crippen LogP contribution in [0.5, 0.6) is 0 Å². The smallest absolute Gasteiger partial charge is 0.253 e. The molecule has 0 saturated heterocycles. The van der Waals surface area contributed by atoms with Gasteiger partial charge >= 0.3 is 33.4 Å². The molecular weight excluding hydrogens is 501 g/mol. The van der Waals surface area contributed by atoms with Gasteiger partial charge in [0.2, 0.25) is 0 Å². The largest absolute Gasteiger partial charge is 0.460 e. The highest BCUT2D eigenvalue weighted by Gasteiger charge is 2.86. The zero-order valence-corrected chi connectivity index (χ0v) is 16.5. The van der Waals surface area contributed by atoms with E-state index < -0.39 is 33.4 Å². The summed E-state index contributed by atoms with van der Waals surface area (Å²) in [6.07, 6.45) is -7.18. The first kappa shape index (κ1) is 28.1. The van der Waals surface area contributed by atoms with E-state index in [1.54, 1.807) is 0 Å². The fraction of sp³-hybridized carbons (Fsp3) is 0.250. The van der Waals surface area contributed by atoms with Crippen molar-refractivity contribution in [1.82, 2.24) is 5.59 Å². The third-order valence-corrected chi connectivity index (χ3v) is 4.88. The van der Waals surface area contributed by atoms with Crippen LogP contribution in [0, 0.1) is 10.5 Å². The molecule has 0 fully saturated rings. The maximum atomic E-state index is 13.8. The number of hydrazine groups is 1. The Balaban J connectivity index is 0.00000265. The Hall–Kier alpha value is -2.92. The van der Waals surface area contributed by atoms with Crippen LogP contribution in [0.25, 0.3) is 0 Å². The minimum Gasteiger partial charge on any atom is -0.253 e. The van der Waals surface area contributed by atoms with E-state index in [1.165, 1.54) is 66.3 Å². The second-order valence-electron chi connectivity index (χ2n) is 5.80. The van der Waals surface area contributed by atoms with E-state index in [1.807, 2.05) is 0 Å². The van der Waals surface area contributed by atoms with Crippen molar-refractivity contribution in [1.29, 1.82) is 5.59 Å². The lowest BCUT2D eigenvalue weighted by atomic mass is 10.1. The molecule has 0 saturated carbocycles. The Morgan fingerprint density at radius 2 is 1.06 bits per heavy atom. The summed E-state index contributed by atoms with van der Waals surface area (Å²) in [4.78, 5) is 7.50. The maximum absolute atomic E-state index is 13.8. The lowest BCUT2D eigenvalue weighted by Crippen LogP contribution is -2.64. The number of nitroso groups, excluding NO2 is 1. The lowest BCUT2D eigenvalue weighted by Gasteiger charge is -2.33. The Morgan fingerprint density at radius 3 is 1.39 bits per heavy atom. The molecule has 33 heavy (non-hydrogen) atoms. The monoisotopic (exact) mass is 513 g/mol. The van der Waals surface area contributed by atoms with Gasteiger partial charge in [0.15, 0.2) is 0 Å². The van der Waals surface area contributed by atoms with E-state index in [9.17, 15) is 47.9 Å². The number of anilines is 2. The molecule has 17 heteroatoms. The quantitative estimate of drug-likeness (QED) is 0.281. The summed E-state index contributed by atoms with van der Waals surface area (Å²) < 4.78 is 144. The van der Waals surface area contributed by atoms with Gasteiger partial charge in [-0.15, -0.1) is 0 Å². The van der Waals surface area contributed by atoms with Crippen LogP contribution in [-0.4, -0.2) is 31.7 Å². The summed E-state index contributed by atoms with van der Waals surface area (Å²) in [7, 11) is -7.09. The van der Waals surface area contributed by atoms with Crippen molar-refractivity contribution >= 4 is 21.5 Å². The molecule has 0 aliphatic rings. The summed E-state index contributed by atoms with van der Waals surface area (Å²) in [5, 5.41) is -6.35. The molecule has 0 atom stereocenters. The van der Waals surface area contributed by atoms with Gasteiger partial charge in [-0.3, -0.25) is 5.01 Å². The zero-order chi connectivity index (χ0) is 25.7. The predicted molar refractivity (Wildman–Crippen MR) is 95.1 cm³/mol. The fourth-order valence-corrected chi connectivity index (χ4v) is 2.78. The normalized spacial score (nSPS) is 13.1. The van der Waals surface area contributed by atoms with Crippen molar-refractivity contribution in [2.45, 2.75) is 23.3 Å². The first-order valence-electron chi connectivity index (χ1n) is 8.06. The molecule has 0 spiro atoms. The molecule has 0 unspecified atom stereocenters. The Labute approximate surface area is 179 Å². The molecule has 0 aliphatic heterocycles. The Morgan fingerprint density at radius 1 is 0.697 bits per heavy atom. The molecule has 0 aromatic heterocycles. The van der Waals surface area contributed by atoms with Crippen LogP contribution in [0.2, 0.25) is 0 Å². The molecule has 184 valence electrons. The molecule has 2 aromatic rings. The molecule has 2 aromatic carbocycles. The molecular formula is C16H12F9N3O4S. The van der Waals surface area contributed by atoms with Gasteiger partial charge in [0.05, 0.1) is 11.4 Å². The van der Waals surface area contributed by atoms with Gasteiger partial charge < -0.3 is 0 Å². The van der Waals surface area contributed by atoms with Crippen LogP contribution < -0.4 is 10.6 Å². The first-order chi connectivity index (χ1) is 15.1. The van der Waals surface area contributed by atoms with Gasteiger partial charge in [0.1, 0.15) is 0 Å². The number of benzene rings is 2. The minimum atomic E-state index is -7.40. The number of rotatable bonds is 8. The van der Waals surface area contributed by atoms with Gasteiger partial charge in [-0.05, 0) is 24.3 Å². The summed E-state index contributed by atoms with van der Waals surface area (Å²) in [5.41, 5.74) is 5.87. The topological polar surface area (TPSA) is 99.6 Å². The zero-order valence-electron chi connectivity index (χ0n) is 15.7. The Kier molecular flexibility index (Phi) is 8.45. The predicted octanol–water partition coefficient (Wildman–Crippen LogP) is 5.35. The van der Waals surface area contributed by atoms with E-state index in [0.717, 1.165) is 0 Å². The van der Waals surface area contributed by atoms with Crippen molar-refractivity contribution in [3.05, 3.63) is 65.6 Å². The van der Waals surface area contributed by atoms with Gasteiger partial charge in [0.25, 0.3) is 0 Å².